The van der Waals surface area contributed by atoms with E-state index in [0.29, 0.717) is 0 Å². The van der Waals surface area contributed by atoms with Crippen molar-refractivity contribution in [3.8, 4) is 0 Å². The van der Waals surface area contributed by atoms with Gasteiger partial charge in [-0.3, -0.25) is 9.11 Å². The molecule has 0 saturated heterocycles. The Hall–Kier alpha value is 1.56. The second-order valence-corrected chi connectivity index (χ2v) is 2.90. The third-order valence-corrected chi connectivity index (χ3v) is 0. The second kappa shape index (κ2) is 11.6. The monoisotopic (exact) mass is 220 g/mol. The normalized spacial score (nSPS) is 7.45. The van der Waals surface area contributed by atoms with Crippen LogP contribution in [0.5, 0.6) is 0 Å². The summed E-state index contributed by atoms with van der Waals surface area (Å²) in [6.07, 6.45) is -2.33. The number of rotatable bonds is 0. The van der Waals surface area contributed by atoms with Gasteiger partial charge in [-0.05, 0) is 6.16 Å². The van der Waals surface area contributed by atoms with Crippen LogP contribution in [0, 0.1) is 0 Å². The maximum atomic E-state index is 9.11. The summed E-state index contributed by atoms with van der Waals surface area (Å²) < 4.78 is 24.0. The van der Waals surface area contributed by atoms with Crippen molar-refractivity contribution in [3.05, 3.63) is 0 Å². The topological polar surface area (TPSA) is 121 Å². The van der Waals surface area contributed by atoms with Crippen molar-refractivity contribution in [2.24, 2.45) is 0 Å². The SMILES string of the molecule is O=C([O-])[O-].O=S(O)(O)=S.[Na+].[Na+]. The van der Waals surface area contributed by atoms with E-state index in [1.54, 1.807) is 0 Å². The summed E-state index contributed by atoms with van der Waals surface area (Å²) >= 11 is 3.47. The largest absolute Gasteiger partial charge is 1.00 e. The van der Waals surface area contributed by atoms with Crippen LogP contribution in [0.4, 0.5) is 4.79 Å². The number of carbonyl (C=O) groups is 1. The van der Waals surface area contributed by atoms with Crippen molar-refractivity contribution in [2.45, 2.75) is 0 Å². The molecule has 0 rings (SSSR count). The minimum atomic E-state index is -3.83. The van der Waals surface area contributed by atoms with Gasteiger partial charge in [0.2, 0.25) is 0 Å². The van der Waals surface area contributed by atoms with Gasteiger partial charge in [0.05, 0.1) is 0 Å². The predicted octanol–water partition coefficient (Wildman–Crippen LogP) is -8.76. The van der Waals surface area contributed by atoms with Crippen LogP contribution < -0.4 is 69.3 Å². The maximum absolute atomic E-state index is 9.11. The van der Waals surface area contributed by atoms with Crippen LogP contribution in [0.3, 0.4) is 0 Å². The molecule has 6 nitrogen and oxygen atoms in total. The van der Waals surface area contributed by atoms with Crippen LogP contribution in [-0.2, 0) is 20.2 Å². The van der Waals surface area contributed by atoms with Crippen molar-refractivity contribution >= 4 is 26.4 Å². The molecule has 0 saturated carbocycles. The molecule has 0 radical (unpaired) electrons. The average molecular weight is 220 g/mol. The molecule has 10 heteroatoms. The molecule has 0 aliphatic heterocycles. The van der Waals surface area contributed by atoms with E-state index >= 15 is 0 Å². The van der Waals surface area contributed by atoms with E-state index in [-0.39, 0.29) is 59.1 Å². The number of hydrogen-bond acceptors (Lipinski definition) is 5. The first kappa shape index (κ1) is 22.9. The molecule has 56 valence electrons. The summed E-state index contributed by atoms with van der Waals surface area (Å²) in [5.41, 5.74) is 0. The fourth-order valence-corrected chi connectivity index (χ4v) is 0. The molecule has 0 aliphatic carbocycles. The smallest absolute Gasteiger partial charge is 0.652 e. The Morgan fingerprint density at radius 2 is 1.27 bits per heavy atom. The molecule has 0 bridgehead atoms. The molecule has 0 atom stereocenters. The quantitative estimate of drug-likeness (QED) is 0.389. The van der Waals surface area contributed by atoms with Crippen LogP contribution in [-0.4, -0.2) is 19.5 Å². The molecule has 0 unspecified atom stereocenters. The second-order valence-electron chi connectivity index (χ2n) is 0.698. The summed E-state index contributed by atoms with van der Waals surface area (Å²) in [5, 5.41) is 16.7. The zero-order chi connectivity index (χ0) is 8.08. The van der Waals surface area contributed by atoms with Crippen molar-refractivity contribution in [3.63, 3.8) is 0 Å². The zero-order valence-electron chi connectivity index (χ0n) is 5.84. The Balaban J connectivity index is -0.0000000383. The summed E-state index contributed by atoms with van der Waals surface area (Å²) in [5.74, 6) is 0. The first-order valence-corrected chi connectivity index (χ1v) is 3.71. The molecule has 0 aromatic rings. The Labute approximate surface area is 112 Å². The van der Waals surface area contributed by atoms with E-state index in [2.05, 4.69) is 11.2 Å². The van der Waals surface area contributed by atoms with Gasteiger partial charge < -0.3 is 15.0 Å². The number of hydrogen-bond donors (Lipinski definition) is 2. The Bertz CT molecular complexity index is 161. The van der Waals surface area contributed by atoms with Gasteiger partial charge in [0.1, 0.15) is 0 Å². The molecule has 0 heterocycles. The van der Waals surface area contributed by atoms with E-state index in [4.69, 9.17) is 28.3 Å². The third-order valence-electron chi connectivity index (χ3n) is 0. The zero-order valence-corrected chi connectivity index (χ0v) is 11.5. The average Bonchev–Trinajstić information content (AvgIpc) is 1.19. The van der Waals surface area contributed by atoms with E-state index in [0.717, 1.165) is 0 Å². The number of carbonyl (C=O) groups excluding carboxylic acids is 1. The van der Waals surface area contributed by atoms with Crippen LogP contribution in [0.2, 0.25) is 0 Å². The first-order chi connectivity index (χ1) is 3.73. The van der Waals surface area contributed by atoms with Gasteiger partial charge in [0.15, 0.2) is 0 Å². The molecule has 0 fully saturated rings. The Morgan fingerprint density at radius 3 is 1.27 bits per heavy atom. The summed E-state index contributed by atoms with van der Waals surface area (Å²) in [4.78, 5) is 8.33. The van der Waals surface area contributed by atoms with Crippen molar-refractivity contribution in [1.82, 2.24) is 0 Å². The van der Waals surface area contributed by atoms with Crippen LogP contribution in [0.1, 0.15) is 0 Å². The standard InChI is InChI=1S/CH2O3.2Na.H2O3S2/c2-1(3)4;;;1-5(2,3)4/h(H2,2,3,4);;;(H2,1,2,3,4)/q;2*+1;/p-2. The van der Waals surface area contributed by atoms with Gasteiger partial charge in [0.25, 0.3) is 9.05 Å². The summed E-state index contributed by atoms with van der Waals surface area (Å²) in [7, 11) is -3.83. The van der Waals surface area contributed by atoms with E-state index in [9.17, 15) is 0 Å². The molecule has 0 spiro atoms. The third kappa shape index (κ3) is 434. The predicted molar refractivity (Wildman–Crippen MR) is 26.2 cm³/mol. The molecule has 0 aromatic carbocycles. The van der Waals surface area contributed by atoms with Gasteiger partial charge in [0, 0.05) is 11.2 Å². The van der Waals surface area contributed by atoms with Gasteiger partial charge in [-0.2, -0.15) is 4.21 Å². The van der Waals surface area contributed by atoms with E-state index in [1.165, 1.54) is 0 Å². The van der Waals surface area contributed by atoms with Gasteiger partial charge >= 0.3 is 59.1 Å². The number of carboxylic acid groups (broad SMARTS) is 2. The minimum Gasteiger partial charge on any atom is -0.652 e. The molecule has 11 heavy (non-hydrogen) atoms. The van der Waals surface area contributed by atoms with Crippen LogP contribution in [0.15, 0.2) is 0 Å². The van der Waals surface area contributed by atoms with Crippen molar-refractivity contribution in [2.75, 3.05) is 0 Å². The van der Waals surface area contributed by atoms with E-state index < -0.39 is 15.2 Å². The molecule has 2 N–H and O–H groups in total. The Morgan fingerprint density at radius 1 is 1.27 bits per heavy atom. The molecular weight excluding hydrogens is 218 g/mol. The van der Waals surface area contributed by atoms with Crippen molar-refractivity contribution in [1.29, 1.82) is 0 Å². The minimum absolute atomic E-state index is 0. The molecule has 0 amide bonds. The Kier molecular flexibility index (Phi) is 24.1. The van der Waals surface area contributed by atoms with Gasteiger partial charge in [-0.15, -0.1) is 0 Å². The van der Waals surface area contributed by atoms with Crippen LogP contribution >= 0.6 is 0 Å². The summed E-state index contributed by atoms with van der Waals surface area (Å²) in [6.45, 7) is 0. The molecule has 0 aromatic heterocycles. The van der Waals surface area contributed by atoms with Crippen LogP contribution in [0.25, 0.3) is 0 Å². The molecular formula is CH2Na2O6S2. The fraction of sp³-hybridized carbons (Fsp3) is 0. The summed E-state index contributed by atoms with van der Waals surface area (Å²) in [6, 6.07) is 0. The molecule has 0 aliphatic rings. The van der Waals surface area contributed by atoms with Gasteiger partial charge in [-0.25, -0.2) is 0 Å². The van der Waals surface area contributed by atoms with Crippen molar-refractivity contribution < 1.29 is 87.4 Å². The van der Waals surface area contributed by atoms with Gasteiger partial charge in [-0.1, -0.05) is 0 Å². The first-order valence-electron chi connectivity index (χ1n) is 1.31. The fourth-order valence-electron chi connectivity index (χ4n) is 0. The maximum Gasteiger partial charge on any atom is 1.00 e. The van der Waals surface area contributed by atoms with E-state index in [1.807, 2.05) is 0 Å².